The number of nitrogens with zero attached hydrogens (tertiary/aromatic N) is 1. The molecule has 0 saturated carbocycles. The topological polar surface area (TPSA) is 15.3 Å². The Labute approximate surface area is 108 Å². The summed E-state index contributed by atoms with van der Waals surface area (Å²) in [4.78, 5) is 2.15. The van der Waals surface area contributed by atoms with Gasteiger partial charge in [0.05, 0.1) is 0 Å². The van der Waals surface area contributed by atoms with Gasteiger partial charge < -0.3 is 10.2 Å². The highest BCUT2D eigenvalue weighted by Gasteiger charge is 2.16. The maximum atomic E-state index is 6.21. The van der Waals surface area contributed by atoms with Crippen LogP contribution in [0.3, 0.4) is 0 Å². The van der Waals surface area contributed by atoms with Crippen molar-refractivity contribution in [3.8, 4) is 0 Å². The Hall–Kier alpha value is -0.280. The molecule has 0 aromatic heterocycles. The van der Waals surface area contributed by atoms with Gasteiger partial charge in [-0.2, -0.15) is 0 Å². The minimum atomic E-state index is 0.268. The second kappa shape index (κ2) is 6.45. The summed E-state index contributed by atoms with van der Waals surface area (Å²) in [5, 5.41) is 4.74. The van der Waals surface area contributed by atoms with Crippen LogP contribution in [0.1, 0.15) is 18.5 Å². The van der Waals surface area contributed by atoms with E-state index >= 15 is 0 Å². The first kappa shape index (κ1) is 13.8. The van der Waals surface area contributed by atoms with Gasteiger partial charge in [0.1, 0.15) is 0 Å². The van der Waals surface area contributed by atoms with Gasteiger partial charge in [0.2, 0.25) is 0 Å². The highest BCUT2D eigenvalue weighted by molar-refractivity contribution is 6.35. The Morgan fingerprint density at radius 1 is 1.31 bits per heavy atom. The van der Waals surface area contributed by atoms with Crippen molar-refractivity contribution >= 4 is 23.2 Å². The van der Waals surface area contributed by atoms with E-state index in [9.17, 15) is 0 Å². The van der Waals surface area contributed by atoms with Crippen LogP contribution in [-0.2, 0) is 0 Å². The molecule has 90 valence electrons. The number of nitrogens with one attached hydrogen (secondary N) is 1. The van der Waals surface area contributed by atoms with Crippen LogP contribution in [0, 0.1) is 0 Å². The molecule has 0 saturated heterocycles. The SMILES string of the molecule is CCNCC(c1ccc(Cl)cc1Cl)N(C)C. The third-order valence-electron chi connectivity index (χ3n) is 2.53. The number of likely N-dealkylation sites (N-methyl/N-ethyl adjacent to an activating group) is 2. The van der Waals surface area contributed by atoms with E-state index in [1.165, 1.54) is 0 Å². The van der Waals surface area contributed by atoms with E-state index in [-0.39, 0.29) is 6.04 Å². The zero-order chi connectivity index (χ0) is 12.1. The summed E-state index contributed by atoms with van der Waals surface area (Å²) in [6, 6.07) is 5.93. The Morgan fingerprint density at radius 3 is 2.50 bits per heavy atom. The second-order valence-electron chi connectivity index (χ2n) is 3.95. The molecule has 0 aliphatic rings. The molecule has 2 nitrogen and oxygen atoms in total. The minimum Gasteiger partial charge on any atom is -0.315 e. The van der Waals surface area contributed by atoms with Crippen LogP contribution in [0.15, 0.2) is 18.2 Å². The van der Waals surface area contributed by atoms with Gasteiger partial charge in [-0.25, -0.2) is 0 Å². The predicted molar refractivity (Wildman–Crippen MR) is 71.4 cm³/mol. The molecule has 0 spiro atoms. The molecule has 0 radical (unpaired) electrons. The number of benzene rings is 1. The Bertz CT molecular complexity index is 340. The van der Waals surface area contributed by atoms with Crippen molar-refractivity contribution in [3.63, 3.8) is 0 Å². The van der Waals surface area contributed by atoms with E-state index in [2.05, 4.69) is 17.1 Å². The fourth-order valence-electron chi connectivity index (χ4n) is 1.62. The number of hydrogen-bond donors (Lipinski definition) is 1. The Balaban J connectivity index is 2.92. The summed E-state index contributed by atoms with van der Waals surface area (Å²) in [7, 11) is 4.10. The van der Waals surface area contributed by atoms with E-state index < -0.39 is 0 Å². The molecule has 0 aliphatic heterocycles. The molecule has 1 N–H and O–H groups in total. The lowest BCUT2D eigenvalue weighted by Gasteiger charge is -2.26. The standard InChI is InChI=1S/C12H18Cl2N2/c1-4-15-8-12(16(2)3)10-6-5-9(13)7-11(10)14/h5-7,12,15H,4,8H2,1-3H3. The third kappa shape index (κ3) is 3.63. The van der Waals surface area contributed by atoms with Gasteiger partial charge >= 0.3 is 0 Å². The van der Waals surface area contributed by atoms with Crippen LogP contribution in [0.4, 0.5) is 0 Å². The largest absolute Gasteiger partial charge is 0.315 e. The van der Waals surface area contributed by atoms with E-state index in [4.69, 9.17) is 23.2 Å². The quantitative estimate of drug-likeness (QED) is 0.875. The first-order valence-electron chi connectivity index (χ1n) is 5.38. The number of rotatable bonds is 5. The van der Waals surface area contributed by atoms with E-state index in [0.29, 0.717) is 5.02 Å². The molecule has 1 aromatic rings. The van der Waals surface area contributed by atoms with Crippen LogP contribution >= 0.6 is 23.2 Å². The molecule has 1 unspecified atom stereocenters. The van der Waals surface area contributed by atoms with Crippen molar-refractivity contribution < 1.29 is 0 Å². The highest BCUT2D eigenvalue weighted by atomic mass is 35.5. The molecule has 4 heteroatoms. The molecule has 0 fully saturated rings. The average molecular weight is 261 g/mol. The fraction of sp³-hybridized carbons (Fsp3) is 0.500. The van der Waals surface area contributed by atoms with Gasteiger partial charge in [0.25, 0.3) is 0 Å². The molecular weight excluding hydrogens is 243 g/mol. The van der Waals surface area contributed by atoms with Gasteiger partial charge in [0.15, 0.2) is 0 Å². The van der Waals surface area contributed by atoms with Crippen molar-refractivity contribution in [1.82, 2.24) is 10.2 Å². The molecule has 0 aliphatic carbocycles. The van der Waals surface area contributed by atoms with Gasteiger partial charge in [-0.05, 0) is 38.3 Å². The zero-order valence-corrected chi connectivity index (χ0v) is 11.4. The van der Waals surface area contributed by atoms with Crippen LogP contribution in [0.2, 0.25) is 10.0 Å². The van der Waals surface area contributed by atoms with Crippen molar-refractivity contribution in [2.45, 2.75) is 13.0 Å². The average Bonchev–Trinajstić information content (AvgIpc) is 2.20. The maximum absolute atomic E-state index is 6.21. The van der Waals surface area contributed by atoms with Crippen molar-refractivity contribution in [2.75, 3.05) is 27.2 Å². The first-order chi connectivity index (χ1) is 7.56. The lowest BCUT2D eigenvalue weighted by atomic mass is 10.1. The van der Waals surface area contributed by atoms with Crippen molar-refractivity contribution in [1.29, 1.82) is 0 Å². The summed E-state index contributed by atoms with van der Waals surface area (Å²) in [6.07, 6.45) is 0. The molecule has 16 heavy (non-hydrogen) atoms. The zero-order valence-electron chi connectivity index (χ0n) is 9.93. The minimum absolute atomic E-state index is 0.268. The molecule has 0 heterocycles. The molecule has 1 atom stereocenters. The van der Waals surface area contributed by atoms with Crippen molar-refractivity contribution in [2.24, 2.45) is 0 Å². The summed E-state index contributed by atoms with van der Waals surface area (Å²) in [5.41, 5.74) is 1.11. The predicted octanol–water partition coefficient (Wildman–Crippen LogP) is 3.21. The van der Waals surface area contributed by atoms with Gasteiger partial charge in [-0.15, -0.1) is 0 Å². The lowest BCUT2D eigenvalue weighted by Crippen LogP contribution is -2.31. The number of hydrogen-bond acceptors (Lipinski definition) is 2. The van der Waals surface area contributed by atoms with Crippen LogP contribution < -0.4 is 5.32 Å². The highest BCUT2D eigenvalue weighted by Crippen LogP contribution is 2.28. The summed E-state index contributed by atoms with van der Waals surface area (Å²) >= 11 is 12.1. The Morgan fingerprint density at radius 2 is 2.00 bits per heavy atom. The second-order valence-corrected chi connectivity index (χ2v) is 4.80. The van der Waals surface area contributed by atoms with E-state index in [0.717, 1.165) is 23.7 Å². The van der Waals surface area contributed by atoms with Crippen LogP contribution in [0.5, 0.6) is 0 Å². The van der Waals surface area contributed by atoms with E-state index in [1.54, 1.807) is 6.07 Å². The summed E-state index contributed by atoms with van der Waals surface area (Å²) < 4.78 is 0. The molecule has 0 amide bonds. The van der Waals surface area contributed by atoms with Crippen LogP contribution in [0.25, 0.3) is 0 Å². The van der Waals surface area contributed by atoms with Gasteiger partial charge in [-0.1, -0.05) is 36.2 Å². The van der Waals surface area contributed by atoms with Gasteiger partial charge in [-0.3, -0.25) is 0 Å². The third-order valence-corrected chi connectivity index (χ3v) is 3.09. The normalized spacial score (nSPS) is 13.1. The Kier molecular flexibility index (Phi) is 5.56. The van der Waals surface area contributed by atoms with Gasteiger partial charge in [0, 0.05) is 22.6 Å². The van der Waals surface area contributed by atoms with E-state index in [1.807, 2.05) is 26.2 Å². The smallest absolute Gasteiger partial charge is 0.0481 e. The summed E-state index contributed by atoms with van der Waals surface area (Å²) in [6.45, 7) is 3.93. The molecule has 1 rings (SSSR count). The number of halogens is 2. The monoisotopic (exact) mass is 260 g/mol. The van der Waals surface area contributed by atoms with Crippen LogP contribution in [-0.4, -0.2) is 32.1 Å². The molecular formula is C12H18Cl2N2. The first-order valence-corrected chi connectivity index (χ1v) is 6.14. The van der Waals surface area contributed by atoms with Crippen molar-refractivity contribution in [3.05, 3.63) is 33.8 Å². The maximum Gasteiger partial charge on any atom is 0.0481 e. The molecule has 0 bridgehead atoms. The lowest BCUT2D eigenvalue weighted by molar-refractivity contribution is 0.290. The molecule has 1 aromatic carbocycles. The summed E-state index contributed by atoms with van der Waals surface area (Å²) in [5.74, 6) is 0. The fourth-order valence-corrected chi connectivity index (χ4v) is 2.16.